The Bertz CT molecular complexity index is 3180. The van der Waals surface area contributed by atoms with Gasteiger partial charge in [-0.15, -0.1) is 0 Å². The third kappa shape index (κ3) is 5.26. The van der Waals surface area contributed by atoms with Crippen LogP contribution in [0.2, 0.25) is 0 Å². The second-order valence-electron chi connectivity index (χ2n) is 15.4. The Hall–Kier alpha value is -8.02. The summed E-state index contributed by atoms with van der Waals surface area (Å²) in [6, 6.07) is 70.3. The fourth-order valence-electron chi connectivity index (χ4n) is 9.33. The molecule has 0 bridgehead atoms. The Kier molecular flexibility index (Phi) is 7.69. The molecule has 60 heavy (non-hydrogen) atoms. The summed E-state index contributed by atoms with van der Waals surface area (Å²) >= 11 is 0. The predicted molar refractivity (Wildman–Crippen MR) is 240 cm³/mol. The van der Waals surface area contributed by atoms with Gasteiger partial charge in [0, 0.05) is 45.0 Å². The summed E-state index contributed by atoms with van der Waals surface area (Å²) in [5.41, 5.74) is 14.8. The summed E-state index contributed by atoms with van der Waals surface area (Å²) in [6.45, 7) is 0. The fraction of sp³-hybridized carbons (Fsp3) is 0.0182. The first kappa shape index (κ1) is 34.1. The second kappa shape index (κ2) is 13.5. The number of ether oxygens (including phenoxy) is 1. The maximum atomic E-state index is 6.68. The number of hydrogen-bond donors (Lipinski definition) is 0. The summed E-state index contributed by atoms with van der Waals surface area (Å²) in [4.78, 5) is 19.7. The molecule has 0 radical (unpaired) electrons. The van der Waals surface area contributed by atoms with Crippen molar-refractivity contribution in [3.8, 4) is 79.0 Å². The molecule has 5 heteroatoms. The Morgan fingerprint density at radius 1 is 0.333 bits per heavy atom. The molecule has 2 aromatic heterocycles. The van der Waals surface area contributed by atoms with Gasteiger partial charge >= 0.3 is 0 Å². The highest BCUT2D eigenvalue weighted by atomic mass is 16.5. The monoisotopic (exact) mass is 766 g/mol. The summed E-state index contributed by atoms with van der Waals surface area (Å²) < 4.78 is 6.68. The van der Waals surface area contributed by atoms with Crippen LogP contribution < -0.4 is 4.74 Å². The van der Waals surface area contributed by atoms with Gasteiger partial charge in [0.05, 0.1) is 10.9 Å². The van der Waals surface area contributed by atoms with E-state index in [0.29, 0.717) is 17.5 Å². The molecule has 0 fully saturated rings. The molecule has 1 aliphatic heterocycles. The van der Waals surface area contributed by atoms with Crippen LogP contribution in [0.5, 0.6) is 11.5 Å². The highest BCUT2D eigenvalue weighted by Gasteiger charge is 2.51. The van der Waals surface area contributed by atoms with Crippen molar-refractivity contribution >= 4 is 10.9 Å². The minimum absolute atomic E-state index is 0.630. The third-order valence-electron chi connectivity index (χ3n) is 12.1. The lowest BCUT2D eigenvalue weighted by atomic mass is 9.65. The summed E-state index contributed by atoms with van der Waals surface area (Å²) in [7, 11) is 0. The molecule has 12 rings (SSSR count). The van der Waals surface area contributed by atoms with Crippen LogP contribution in [-0.2, 0) is 5.41 Å². The van der Waals surface area contributed by atoms with Crippen LogP contribution >= 0.6 is 0 Å². The van der Waals surface area contributed by atoms with Crippen molar-refractivity contribution in [1.82, 2.24) is 19.9 Å². The highest BCUT2D eigenvalue weighted by molar-refractivity contribution is 5.97. The number of pyridine rings is 1. The molecular formula is C55H34N4O. The van der Waals surface area contributed by atoms with Gasteiger partial charge in [-0.2, -0.15) is 0 Å². The van der Waals surface area contributed by atoms with E-state index in [1.54, 1.807) is 0 Å². The number of aromatic nitrogens is 4. The van der Waals surface area contributed by atoms with E-state index in [-0.39, 0.29) is 0 Å². The molecule has 1 aliphatic carbocycles. The van der Waals surface area contributed by atoms with E-state index in [4.69, 9.17) is 24.7 Å². The number of benzene rings is 8. The lowest BCUT2D eigenvalue weighted by molar-refractivity contribution is 0.436. The van der Waals surface area contributed by atoms with Crippen LogP contribution in [-0.4, -0.2) is 19.9 Å². The molecule has 1 spiro atoms. The van der Waals surface area contributed by atoms with E-state index < -0.39 is 5.41 Å². The number of para-hydroxylation sites is 3. The van der Waals surface area contributed by atoms with E-state index in [0.717, 1.165) is 72.5 Å². The number of nitrogens with zero attached hydrogens (tertiary/aromatic N) is 4. The fourth-order valence-corrected chi connectivity index (χ4v) is 9.33. The Labute approximate surface area is 347 Å². The minimum Gasteiger partial charge on any atom is -0.457 e. The summed E-state index contributed by atoms with van der Waals surface area (Å²) in [5, 5.41) is 1.12. The summed E-state index contributed by atoms with van der Waals surface area (Å²) in [6.07, 6.45) is 1.88. The topological polar surface area (TPSA) is 60.8 Å². The molecule has 0 saturated carbocycles. The zero-order valence-corrected chi connectivity index (χ0v) is 32.3. The Morgan fingerprint density at radius 3 is 1.43 bits per heavy atom. The predicted octanol–water partition coefficient (Wildman–Crippen LogP) is 13.2. The normalized spacial score (nSPS) is 12.9. The molecule has 8 aromatic carbocycles. The van der Waals surface area contributed by atoms with E-state index in [1.807, 2.05) is 72.9 Å². The van der Waals surface area contributed by atoms with Crippen molar-refractivity contribution in [2.24, 2.45) is 0 Å². The number of hydrogen-bond acceptors (Lipinski definition) is 5. The SMILES string of the molecule is c1ccc(-c2nc(-c3ccccc3)nc(-c3ccc(-c4ccc5c(c4)C4(c6ccccc6Oc6ccccc64)c4cc(-c6cccc7cccnc67)ccc4-5)cc3)n2)cc1. The van der Waals surface area contributed by atoms with Gasteiger partial charge in [-0.1, -0.05) is 170 Å². The van der Waals surface area contributed by atoms with Crippen LogP contribution in [0.3, 0.4) is 0 Å². The molecule has 10 aromatic rings. The average molecular weight is 767 g/mol. The highest BCUT2D eigenvalue weighted by Crippen LogP contribution is 2.63. The molecular weight excluding hydrogens is 733 g/mol. The lowest BCUT2D eigenvalue weighted by Crippen LogP contribution is -2.32. The molecule has 0 unspecified atom stereocenters. The van der Waals surface area contributed by atoms with Gasteiger partial charge in [0.25, 0.3) is 0 Å². The van der Waals surface area contributed by atoms with Gasteiger partial charge in [-0.25, -0.2) is 15.0 Å². The molecule has 0 N–H and O–H groups in total. The van der Waals surface area contributed by atoms with E-state index in [9.17, 15) is 0 Å². The second-order valence-corrected chi connectivity index (χ2v) is 15.4. The zero-order chi connectivity index (χ0) is 39.6. The Balaban J connectivity index is 1.02. The van der Waals surface area contributed by atoms with E-state index >= 15 is 0 Å². The maximum Gasteiger partial charge on any atom is 0.164 e. The van der Waals surface area contributed by atoms with Crippen LogP contribution in [0.4, 0.5) is 0 Å². The van der Waals surface area contributed by atoms with Crippen molar-refractivity contribution in [2.75, 3.05) is 0 Å². The minimum atomic E-state index is -0.632. The standard InChI is InChI=1S/C55H34N4O/c1-3-13-37(14-4-1)52-57-53(38-15-5-2-6-16-38)59-54(58-52)39-26-24-35(25-27-39)40-28-30-43-44-31-29-41(42-19-11-17-36-18-12-32-56-51(36)42)34-48(44)55(47(43)33-40)45-20-7-9-22-49(45)60-50-23-10-8-21-46(50)55/h1-34H. The van der Waals surface area contributed by atoms with Crippen molar-refractivity contribution in [3.63, 3.8) is 0 Å². The van der Waals surface area contributed by atoms with Crippen LogP contribution in [0.15, 0.2) is 206 Å². The third-order valence-corrected chi connectivity index (χ3v) is 12.1. The van der Waals surface area contributed by atoms with Crippen LogP contribution in [0.1, 0.15) is 22.3 Å². The first-order chi connectivity index (χ1) is 29.7. The van der Waals surface area contributed by atoms with Gasteiger partial charge in [0.2, 0.25) is 0 Å². The smallest absolute Gasteiger partial charge is 0.164 e. The first-order valence-electron chi connectivity index (χ1n) is 20.2. The first-order valence-corrected chi connectivity index (χ1v) is 20.2. The largest absolute Gasteiger partial charge is 0.457 e. The quantitative estimate of drug-likeness (QED) is 0.175. The van der Waals surface area contributed by atoms with Crippen molar-refractivity contribution < 1.29 is 4.74 Å². The molecule has 5 nitrogen and oxygen atoms in total. The molecule has 0 amide bonds. The molecule has 0 saturated heterocycles. The molecule has 0 atom stereocenters. The van der Waals surface area contributed by atoms with Crippen LogP contribution in [0.25, 0.3) is 78.4 Å². The van der Waals surface area contributed by atoms with Gasteiger partial charge in [-0.3, -0.25) is 4.98 Å². The van der Waals surface area contributed by atoms with Gasteiger partial charge in [0.1, 0.15) is 11.5 Å². The van der Waals surface area contributed by atoms with Gasteiger partial charge in [0.15, 0.2) is 17.5 Å². The summed E-state index contributed by atoms with van der Waals surface area (Å²) in [5.74, 6) is 3.64. The molecule has 280 valence electrons. The van der Waals surface area contributed by atoms with Gasteiger partial charge in [-0.05, 0) is 69.3 Å². The maximum absolute atomic E-state index is 6.68. The number of rotatable bonds is 5. The number of fused-ring (bicyclic) bond motifs is 10. The van der Waals surface area contributed by atoms with Gasteiger partial charge < -0.3 is 4.74 Å². The van der Waals surface area contributed by atoms with Crippen molar-refractivity contribution in [3.05, 3.63) is 229 Å². The van der Waals surface area contributed by atoms with E-state index in [1.165, 1.54) is 22.3 Å². The molecule has 2 aliphatic rings. The van der Waals surface area contributed by atoms with Crippen LogP contribution in [0, 0.1) is 0 Å². The average Bonchev–Trinajstić information content (AvgIpc) is 3.61. The molecule has 3 heterocycles. The zero-order valence-electron chi connectivity index (χ0n) is 32.3. The van der Waals surface area contributed by atoms with Crippen molar-refractivity contribution in [2.45, 2.75) is 5.41 Å². The van der Waals surface area contributed by atoms with Crippen molar-refractivity contribution in [1.29, 1.82) is 0 Å². The lowest BCUT2D eigenvalue weighted by Gasteiger charge is -2.39. The Morgan fingerprint density at radius 2 is 0.817 bits per heavy atom. The van der Waals surface area contributed by atoms with E-state index in [2.05, 4.69) is 133 Å².